The molecule has 1 aliphatic rings. The molecule has 86 valence electrons. The molecule has 1 aliphatic heterocycles. The van der Waals surface area contributed by atoms with Crippen molar-refractivity contribution < 1.29 is 4.79 Å². The van der Waals surface area contributed by atoms with Crippen molar-refractivity contribution >= 4 is 6.03 Å². The van der Waals surface area contributed by atoms with E-state index in [2.05, 4.69) is 17.4 Å². The summed E-state index contributed by atoms with van der Waals surface area (Å²) >= 11 is 0. The summed E-state index contributed by atoms with van der Waals surface area (Å²) in [5.41, 5.74) is 7.94. The van der Waals surface area contributed by atoms with Crippen LogP contribution in [0.2, 0.25) is 0 Å². The van der Waals surface area contributed by atoms with E-state index < -0.39 is 0 Å². The van der Waals surface area contributed by atoms with Crippen LogP contribution in [0, 0.1) is 0 Å². The molecule has 1 aromatic rings. The number of hydrogen-bond donors (Lipinski definition) is 2. The highest BCUT2D eigenvalue weighted by molar-refractivity contribution is 5.74. The van der Waals surface area contributed by atoms with Gasteiger partial charge in [0.05, 0.1) is 0 Å². The predicted octanol–water partition coefficient (Wildman–Crippen LogP) is 0.884. The molecule has 1 fully saturated rings. The average Bonchev–Trinajstić information content (AvgIpc) is 2.33. The van der Waals surface area contributed by atoms with E-state index in [1.807, 2.05) is 19.2 Å². The first-order valence-electron chi connectivity index (χ1n) is 5.48. The van der Waals surface area contributed by atoms with Gasteiger partial charge in [-0.1, -0.05) is 24.3 Å². The molecule has 1 saturated heterocycles. The van der Waals surface area contributed by atoms with Crippen molar-refractivity contribution in [3.63, 3.8) is 0 Å². The quantitative estimate of drug-likeness (QED) is 0.776. The molecule has 2 rings (SSSR count). The summed E-state index contributed by atoms with van der Waals surface area (Å²) in [6.45, 7) is 2.06. The van der Waals surface area contributed by atoms with Gasteiger partial charge < -0.3 is 16.0 Å². The van der Waals surface area contributed by atoms with Gasteiger partial charge in [0.25, 0.3) is 0 Å². The molecule has 2 amide bonds. The van der Waals surface area contributed by atoms with Crippen molar-refractivity contribution in [2.24, 2.45) is 5.73 Å². The van der Waals surface area contributed by atoms with Crippen LogP contribution in [0.25, 0.3) is 0 Å². The largest absolute Gasteiger partial charge is 0.337 e. The van der Waals surface area contributed by atoms with Crippen LogP contribution < -0.4 is 11.1 Å². The van der Waals surface area contributed by atoms with Crippen LogP contribution in [0.4, 0.5) is 4.79 Å². The molecule has 0 saturated carbocycles. The first-order valence-corrected chi connectivity index (χ1v) is 5.48. The molecule has 1 unspecified atom stereocenters. The first-order chi connectivity index (χ1) is 7.70. The first kappa shape index (κ1) is 11.0. The monoisotopic (exact) mass is 219 g/mol. The van der Waals surface area contributed by atoms with Gasteiger partial charge >= 0.3 is 6.03 Å². The molecule has 0 aliphatic carbocycles. The Morgan fingerprint density at radius 3 is 2.69 bits per heavy atom. The Bertz CT molecular complexity index is 374. The number of rotatable bonds is 2. The lowest BCUT2D eigenvalue weighted by atomic mass is 9.96. The zero-order valence-electron chi connectivity index (χ0n) is 9.44. The molecule has 0 radical (unpaired) electrons. The van der Waals surface area contributed by atoms with Gasteiger partial charge in [0, 0.05) is 32.6 Å². The molecule has 4 nitrogen and oxygen atoms in total. The minimum atomic E-state index is 0.00910. The van der Waals surface area contributed by atoms with Gasteiger partial charge in [0.15, 0.2) is 0 Å². The fourth-order valence-electron chi connectivity index (χ4n) is 1.97. The highest BCUT2D eigenvalue weighted by Gasteiger charge is 2.23. The molecule has 4 heteroatoms. The van der Waals surface area contributed by atoms with Gasteiger partial charge in [-0.15, -0.1) is 0 Å². The number of nitrogens with one attached hydrogen (secondary N) is 1. The normalized spacial score (nSPS) is 20.8. The summed E-state index contributed by atoms with van der Waals surface area (Å²) in [7, 11) is 1.82. The third kappa shape index (κ3) is 2.17. The third-order valence-electron chi connectivity index (χ3n) is 3.03. The van der Waals surface area contributed by atoms with Gasteiger partial charge in [-0.25, -0.2) is 4.79 Å². The number of nitrogens with zero attached hydrogens (tertiary/aromatic N) is 1. The van der Waals surface area contributed by atoms with Crippen LogP contribution in [0.1, 0.15) is 17.0 Å². The van der Waals surface area contributed by atoms with Gasteiger partial charge in [-0.3, -0.25) is 0 Å². The summed E-state index contributed by atoms with van der Waals surface area (Å²) < 4.78 is 0. The van der Waals surface area contributed by atoms with Crippen LogP contribution in [0.3, 0.4) is 0 Å². The highest BCUT2D eigenvalue weighted by atomic mass is 16.2. The maximum Gasteiger partial charge on any atom is 0.317 e. The Kier molecular flexibility index (Phi) is 3.10. The van der Waals surface area contributed by atoms with Gasteiger partial charge in [0.1, 0.15) is 0 Å². The van der Waals surface area contributed by atoms with E-state index in [0.29, 0.717) is 19.0 Å². The fraction of sp³-hybridized carbons (Fsp3) is 0.417. The van der Waals surface area contributed by atoms with E-state index in [4.69, 9.17) is 5.73 Å². The lowest BCUT2D eigenvalue weighted by Crippen LogP contribution is -2.48. The second-order valence-electron chi connectivity index (χ2n) is 4.21. The SMILES string of the molecule is CN1CC(c2ccc(CN)cc2)CNC1=O. The Labute approximate surface area is 95.4 Å². The highest BCUT2D eigenvalue weighted by Crippen LogP contribution is 2.19. The zero-order chi connectivity index (χ0) is 11.5. The smallest absolute Gasteiger partial charge is 0.317 e. The third-order valence-corrected chi connectivity index (χ3v) is 3.03. The van der Waals surface area contributed by atoms with E-state index >= 15 is 0 Å². The zero-order valence-corrected chi connectivity index (χ0v) is 9.44. The number of benzene rings is 1. The average molecular weight is 219 g/mol. The number of carbonyl (C=O) groups excluding carboxylic acids is 1. The molecular formula is C12H17N3O. The topological polar surface area (TPSA) is 58.4 Å². The molecule has 1 atom stereocenters. The van der Waals surface area contributed by atoms with Crippen LogP contribution in [0.5, 0.6) is 0 Å². The van der Waals surface area contributed by atoms with Crippen LogP contribution in [0.15, 0.2) is 24.3 Å². The molecule has 1 heterocycles. The molecule has 0 bridgehead atoms. The maximum atomic E-state index is 11.3. The summed E-state index contributed by atoms with van der Waals surface area (Å²) in [4.78, 5) is 13.0. The van der Waals surface area contributed by atoms with E-state index in [-0.39, 0.29) is 6.03 Å². The van der Waals surface area contributed by atoms with Crippen molar-refractivity contribution in [3.05, 3.63) is 35.4 Å². The van der Waals surface area contributed by atoms with Crippen molar-refractivity contribution in [3.8, 4) is 0 Å². The number of urea groups is 1. The lowest BCUT2D eigenvalue weighted by molar-refractivity contribution is 0.193. The second kappa shape index (κ2) is 4.53. The van der Waals surface area contributed by atoms with Crippen molar-refractivity contribution in [1.82, 2.24) is 10.2 Å². The van der Waals surface area contributed by atoms with E-state index in [1.54, 1.807) is 4.90 Å². The molecule has 16 heavy (non-hydrogen) atoms. The van der Waals surface area contributed by atoms with Gasteiger partial charge in [-0.2, -0.15) is 0 Å². The fourth-order valence-corrected chi connectivity index (χ4v) is 1.97. The van der Waals surface area contributed by atoms with Gasteiger partial charge in [-0.05, 0) is 11.1 Å². The standard InChI is InChI=1S/C12H17N3O/c1-15-8-11(7-14-12(15)16)10-4-2-9(6-13)3-5-10/h2-5,11H,6-8,13H2,1H3,(H,14,16). The Morgan fingerprint density at radius 2 is 2.12 bits per heavy atom. The van der Waals surface area contributed by atoms with E-state index in [1.165, 1.54) is 5.56 Å². The molecule has 0 spiro atoms. The predicted molar refractivity (Wildman–Crippen MR) is 63.1 cm³/mol. The van der Waals surface area contributed by atoms with Crippen LogP contribution in [-0.2, 0) is 6.54 Å². The minimum absolute atomic E-state index is 0.00910. The number of carbonyl (C=O) groups is 1. The number of nitrogens with two attached hydrogens (primary N) is 1. The number of hydrogen-bond acceptors (Lipinski definition) is 2. The molecule has 1 aromatic carbocycles. The van der Waals surface area contributed by atoms with E-state index in [9.17, 15) is 4.79 Å². The summed E-state index contributed by atoms with van der Waals surface area (Å²) in [5.74, 6) is 0.370. The lowest BCUT2D eigenvalue weighted by Gasteiger charge is -2.30. The minimum Gasteiger partial charge on any atom is -0.337 e. The van der Waals surface area contributed by atoms with Crippen LogP contribution >= 0.6 is 0 Å². The van der Waals surface area contributed by atoms with Crippen molar-refractivity contribution in [1.29, 1.82) is 0 Å². The summed E-state index contributed by atoms with van der Waals surface area (Å²) in [6.07, 6.45) is 0. The van der Waals surface area contributed by atoms with Crippen molar-refractivity contribution in [2.75, 3.05) is 20.1 Å². The number of likely N-dealkylation sites (N-methyl/N-ethyl adjacent to an activating group) is 1. The van der Waals surface area contributed by atoms with E-state index in [0.717, 1.165) is 12.1 Å². The summed E-state index contributed by atoms with van der Waals surface area (Å²) in [6, 6.07) is 8.29. The molecule has 0 aromatic heterocycles. The second-order valence-corrected chi connectivity index (χ2v) is 4.21. The molecular weight excluding hydrogens is 202 g/mol. The Balaban J connectivity index is 2.09. The van der Waals surface area contributed by atoms with Crippen molar-refractivity contribution in [2.45, 2.75) is 12.5 Å². The summed E-state index contributed by atoms with van der Waals surface area (Å²) in [5, 5.41) is 2.87. The van der Waals surface area contributed by atoms with Gasteiger partial charge in [0.2, 0.25) is 0 Å². The van der Waals surface area contributed by atoms with Crippen LogP contribution in [-0.4, -0.2) is 31.1 Å². The Morgan fingerprint density at radius 1 is 1.44 bits per heavy atom. The maximum absolute atomic E-state index is 11.3. The molecule has 3 N–H and O–H groups in total. The number of amides is 2. The Hall–Kier alpha value is -1.55.